The molecule has 0 fully saturated rings. The molecule has 0 spiro atoms. The van der Waals surface area contributed by atoms with Crippen molar-refractivity contribution in [1.29, 1.82) is 0 Å². The Morgan fingerprint density at radius 2 is 2.60 bits per heavy atom. The highest BCUT2D eigenvalue weighted by atomic mass is 16.3. The van der Waals surface area contributed by atoms with E-state index in [4.69, 9.17) is 10.8 Å². The highest BCUT2D eigenvalue weighted by Gasteiger charge is 2.06. The molecular formula is C6H11N3O. The van der Waals surface area contributed by atoms with Crippen molar-refractivity contribution in [3.63, 3.8) is 0 Å². The van der Waals surface area contributed by atoms with E-state index >= 15 is 0 Å². The molecule has 0 saturated heterocycles. The average molecular weight is 141 g/mol. The summed E-state index contributed by atoms with van der Waals surface area (Å²) in [6.45, 7) is 2.09. The van der Waals surface area contributed by atoms with Crippen LogP contribution in [0.3, 0.4) is 0 Å². The summed E-state index contributed by atoms with van der Waals surface area (Å²) in [5, 5.41) is 15.7. The third kappa shape index (κ3) is 1.34. The van der Waals surface area contributed by atoms with Gasteiger partial charge < -0.3 is 10.8 Å². The number of aryl methyl sites for hydroxylation is 1. The van der Waals surface area contributed by atoms with Gasteiger partial charge in [-0.2, -0.15) is 5.10 Å². The quantitative estimate of drug-likeness (QED) is 0.529. The monoisotopic (exact) mass is 141 g/mol. The Hall–Kier alpha value is -0.870. The first-order valence-electron chi connectivity index (χ1n) is 3.14. The van der Waals surface area contributed by atoms with Crippen molar-refractivity contribution in [2.24, 2.45) is 5.73 Å². The molecule has 10 heavy (non-hydrogen) atoms. The second kappa shape index (κ2) is 2.81. The van der Waals surface area contributed by atoms with E-state index < -0.39 is 6.10 Å². The van der Waals surface area contributed by atoms with Gasteiger partial charge in [-0.1, -0.05) is 0 Å². The molecule has 0 amide bonds. The Morgan fingerprint density at radius 3 is 3.00 bits per heavy atom. The molecule has 1 aromatic rings. The number of hydrogen-bond donors (Lipinski definition) is 3. The molecule has 0 bridgehead atoms. The number of aromatic nitrogens is 2. The molecule has 1 rings (SSSR count). The molecule has 1 atom stereocenters. The highest BCUT2D eigenvalue weighted by molar-refractivity contribution is 5.09. The van der Waals surface area contributed by atoms with Crippen LogP contribution in [-0.2, 0) is 0 Å². The molecule has 1 aromatic heterocycles. The molecule has 0 aromatic carbocycles. The number of nitrogens with zero attached hydrogens (tertiary/aromatic N) is 1. The van der Waals surface area contributed by atoms with Crippen LogP contribution in [0.1, 0.15) is 17.5 Å². The molecule has 0 aliphatic carbocycles. The van der Waals surface area contributed by atoms with Gasteiger partial charge in [-0.05, 0) is 13.0 Å². The fourth-order valence-corrected chi connectivity index (χ4v) is 0.731. The molecular weight excluding hydrogens is 130 g/mol. The lowest BCUT2D eigenvalue weighted by Crippen LogP contribution is -2.11. The fourth-order valence-electron chi connectivity index (χ4n) is 0.731. The van der Waals surface area contributed by atoms with Crippen LogP contribution in [0.25, 0.3) is 0 Å². The minimum atomic E-state index is -0.634. The third-order valence-corrected chi connectivity index (χ3v) is 1.29. The van der Waals surface area contributed by atoms with Gasteiger partial charge in [-0.15, -0.1) is 0 Å². The number of nitrogens with two attached hydrogens (primary N) is 1. The summed E-state index contributed by atoms with van der Waals surface area (Å²) < 4.78 is 0. The van der Waals surface area contributed by atoms with Crippen LogP contribution in [0.15, 0.2) is 6.07 Å². The van der Waals surface area contributed by atoms with Gasteiger partial charge in [0.15, 0.2) is 0 Å². The first kappa shape index (κ1) is 7.24. The van der Waals surface area contributed by atoms with Crippen molar-refractivity contribution < 1.29 is 5.11 Å². The van der Waals surface area contributed by atoms with Crippen LogP contribution in [0.2, 0.25) is 0 Å². The fraction of sp³-hybridized carbons (Fsp3) is 0.500. The van der Waals surface area contributed by atoms with E-state index in [0.717, 1.165) is 5.69 Å². The first-order chi connectivity index (χ1) is 4.74. The number of nitrogens with one attached hydrogen (secondary N) is 1. The smallest absolute Gasteiger partial charge is 0.110 e. The lowest BCUT2D eigenvalue weighted by Gasteiger charge is -2.00. The average Bonchev–Trinajstić information content (AvgIpc) is 2.34. The van der Waals surface area contributed by atoms with Crippen LogP contribution in [0, 0.1) is 6.92 Å². The van der Waals surface area contributed by atoms with Gasteiger partial charge in [0, 0.05) is 12.2 Å². The summed E-state index contributed by atoms with van der Waals surface area (Å²) in [6, 6.07) is 1.78. The van der Waals surface area contributed by atoms with Crippen molar-refractivity contribution in [2.75, 3.05) is 6.54 Å². The minimum absolute atomic E-state index is 0.213. The number of rotatable bonds is 2. The van der Waals surface area contributed by atoms with Gasteiger partial charge in [0.1, 0.15) is 6.10 Å². The second-order valence-electron chi connectivity index (χ2n) is 2.23. The van der Waals surface area contributed by atoms with Gasteiger partial charge in [0.25, 0.3) is 0 Å². The maximum Gasteiger partial charge on any atom is 0.110 e. The Balaban J connectivity index is 2.74. The van der Waals surface area contributed by atoms with Gasteiger partial charge in [-0.3, -0.25) is 5.10 Å². The molecule has 4 heteroatoms. The number of aliphatic hydroxyl groups is 1. The van der Waals surface area contributed by atoms with E-state index in [0.29, 0.717) is 5.69 Å². The number of aliphatic hydroxyl groups excluding tert-OH is 1. The Labute approximate surface area is 59.1 Å². The lowest BCUT2D eigenvalue weighted by atomic mass is 10.2. The molecule has 0 radical (unpaired) electrons. The summed E-state index contributed by atoms with van der Waals surface area (Å²) in [5.41, 5.74) is 6.75. The normalized spacial score (nSPS) is 13.5. The Bertz CT molecular complexity index is 209. The van der Waals surface area contributed by atoms with Crippen molar-refractivity contribution >= 4 is 0 Å². The van der Waals surface area contributed by atoms with Gasteiger partial charge >= 0.3 is 0 Å². The third-order valence-electron chi connectivity index (χ3n) is 1.29. The van der Waals surface area contributed by atoms with E-state index in [1.165, 1.54) is 0 Å². The van der Waals surface area contributed by atoms with Crippen molar-refractivity contribution in [3.8, 4) is 0 Å². The maximum atomic E-state index is 9.14. The van der Waals surface area contributed by atoms with E-state index in [-0.39, 0.29) is 6.54 Å². The Morgan fingerprint density at radius 1 is 1.90 bits per heavy atom. The molecule has 0 unspecified atom stereocenters. The van der Waals surface area contributed by atoms with E-state index in [1.807, 2.05) is 6.92 Å². The summed E-state index contributed by atoms with van der Waals surface area (Å²) in [7, 11) is 0. The minimum Gasteiger partial charge on any atom is -0.385 e. The summed E-state index contributed by atoms with van der Waals surface area (Å²) in [4.78, 5) is 0. The summed E-state index contributed by atoms with van der Waals surface area (Å²) in [5.74, 6) is 0. The number of hydrogen-bond acceptors (Lipinski definition) is 3. The highest BCUT2D eigenvalue weighted by Crippen LogP contribution is 2.07. The van der Waals surface area contributed by atoms with Gasteiger partial charge in [0.05, 0.1) is 5.69 Å². The standard InChI is InChI=1S/C6H11N3O/c1-4-2-5(9-8-4)6(10)3-7/h2,6,10H,3,7H2,1H3,(H,8,9)/t6-/m0/s1. The molecule has 0 aliphatic rings. The van der Waals surface area contributed by atoms with E-state index in [1.54, 1.807) is 6.07 Å². The van der Waals surface area contributed by atoms with Gasteiger partial charge in [-0.25, -0.2) is 0 Å². The Kier molecular flexibility index (Phi) is 2.03. The molecule has 1 heterocycles. The van der Waals surface area contributed by atoms with Crippen LogP contribution in [-0.4, -0.2) is 21.8 Å². The summed E-state index contributed by atoms with van der Waals surface area (Å²) in [6.07, 6.45) is -0.634. The van der Waals surface area contributed by atoms with Crippen LogP contribution < -0.4 is 5.73 Å². The van der Waals surface area contributed by atoms with E-state index in [9.17, 15) is 0 Å². The van der Waals surface area contributed by atoms with Crippen molar-refractivity contribution in [3.05, 3.63) is 17.5 Å². The predicted octanol–water partition coefficient (Wildman–Crippen LogP) is -0.290. The largest absolute Gasteiger partial charge is 0.385 e. The first-order valence-corrected chi connectivity index (χ1v) is 3.14. The van der Waals surface area contributed by atoms with Crippen LogP contribution in [0.4, 0.5) is 0 Å². The molecule has 56 valence electrons. The maximum absolute atomic E-state index is 9.14. The zero-order chi connectivity index (χ0) is 7.56. The van der Waals surface area contributed by atoms with Crippen molar-refractivity contribution in [1.82, 2.24) is 10.2 Å². The number of H-pyrrole nitrogens is 1. The van der Waals surface area contributed by atoms with Gasteiger partial charge in [0.2, 0.25) is 0 Å². The summed E-state index contributed by atoms with van der Waals surface area (Å²) >= 11 is 0. The second-order valence-corrected chi connectivity index (χ2v) is 2.23. The topological polar surface area (TPSA) is 74.9 Å². The zero-order valence-corrected chi connectivity index (χ0v) is 5.83. The number of aromatic amines is 1. The lowest BCUT2D eigenvalue weighted by molar-refractivity contribution is 0.182. The molecule has 0 aliphatic heterocycles. The van der Waals surface area contributed by atoms with Crippen LogP contribution in [0.5, 0.6) is 0 Å². The van der Waals surface area contributed by atoms with Crippen LogP contribution >= 0.6 is 0 Å². The molecule has 4 nitrogen and oxygen atoms in total. The van der Waals surface area contributed by atoms with E-state index in [2.05, 4.69) is 10.2 Å². The van der Waals surface area contributed by atoms with Crippen molar-refractivity contribution in [2.45, 2.75) is 13.0 Å². The zero-order valence-electron chi connectivity index (χ0n) is 5.83. The predicted molar refractivity (Wildman–Crippen MR) is 37.3 cm³/mol. The molecule has 0 saturated carbocycles. The molecule has 4 N–H and O–H groups in total. The SMILES string of the molecule is Cc1cc([C@@H](O)CN)n[nH]1.